The quantitative estimate of drug-likeness (QED) is 0.861. The van der Waals surface area contributed by atoms with Crippen LogP contribution in [0.5, 0.6) is 11.5 Å². The van der Waals surface area contributed by atoms with E-state index in [-0.39, 0.29) is 0 Å². The zero-order chi connectivity index (χ0) is 14.8. The summed E-state index contributed by atoms with van der Waals surface area (Å²) in [5.74, 6) is 1.70. The lowest BCUT2D eigenvalue weighted by molar-refractivity contribution is 0.171. The molecule has 0 aliphatic carbocycles. The van der Waals surface area contributed by atoms with Crippen LogP contribution in [0.15, 0.2) is 42.5 Å². The Labute approximate surface area is 131 Å². The summed E-state index contributed by atoms with van der Waals surface area (Å²) in [6.07, 6.45) is 2.69. The molecule has 2 aliphatic heterocycles. The molecular formula is C19H21NO2. The van der Waals surface area contributed by atoms with E-state index in [0.29, 0.717) is 13.2 Å². The van der Waals surface area contributed by atoms with Crippen molar-refractivity contribution in [2.75, 3.05) is 26.3 Å². The predicted octanol–water partition coefficient (Wildman–Crippen LogP) is 3.72. The summed E-state index contributed by atoms with van der Waals surface area (Å²) in [6, 6.07) is 15.1. The summed E-state index contributed by atoms with van der Waals surface area (Å²) in [6.45, 7) is 4.82. The maximum Gasteiger partial charge on any atom is 0.161 e. The molecule has 0 saturated carbocycles. The largest absolute Gasteiger partial charge is 0.486 e. The van der Waals surface area contributed by atoms with E-state index in [1.165, 1.54) is 42.6 Å². The Morgan fingerprint density at radius 2 is 1.45 bits per heavy atom. The molecule has 0 radical (unpaired) electrons. The fraction of sp³-hybridized carbons (Fsp3) is 0.368. The van der Waals surface area contributed by atoms with Crippen LogP contribution in [0.4, 0.5) is 0 Å². The number of hydrogen-bond donors (Lipinski definition) is 0. The van der Waals surface area contributed by atoms with Crippen molar-refractivity contribution in [1.82, 2.24) is 4.90 Å². The van der Waals surface area contributed by atoms with Crippen LogP contribution in [0.2, 0.25) is 0 Å². The van der Waals surface area contributed by atoms with Crippen LogP contribution in [0.1, 0.15) is 18.4 Å². The fourth-order valence-electron chi connectivity index (χ4n) is 3.22. The Hall–Kier alpha value is -2.00. The van der Waals surface area contributed by atoms with Gasteiger partial charge in [0.05, 0.1) is 0 Å². The molecule has 0 bridgehead atoms. The van der Waals surface area contributed by atoms with E-state index in [9.17, 15) is 0 Å². The van der Waals surface area contributed by atoms with E-state index in [1.54, 1.807) is 0 Å². The lowest BCUT2D eigenvalue weighted by Crippen LogP contribution is -2.18. The third-order valence-corrected chi connectivity index (χ3v) is 4.43. The SMILES string of the molecule is c1cc(-c2ccc3c(c2)OCCO3)ccc1CN1CCCC1. The summed E-state index contributed by atoms with van der Waals surface area (Å²) in [4.78, 5) is 2.53. The molecule has 2 aliphatic rings. The van der Waals surface area contributed by atoms with Crippen molar-refractivity contribution in [1.29, 1.82) is 0 Å². The zero-order valence-corrected chi connectivity index (χ0v) is 12.8. The lowest BCUT2D eigenvalue weighted by Gasteiger charge is -2.19. The molecule has 2 heterocycles. The Kier molecular flexibility index (Phi) is 3.73. The number of benzene rings is 2. The van der Waals surface area contributed by atoms with E-state index in [4.69, 9.17) is 9.47 Å². The first-order valence-corrected chi connectivity index (χ1v) is 8.10. The van der Waals surface area contributed by atoms with Crippen LogP contribution in [-0.2, 0) is 6.54 Å². The molecule has 3 heteroatoms. The van der Waals surface area contributed by atoms with Crippen LogP contribution in [0.25, 0.3) is 11.1 Å². The van der Waals surface area contributed by atoms with Crippen LogP contribution in [0, 0.1) is 0 Å². The summed E-state index contributed by atoms with van der Waals surface area (Å²) >= 11 is 0. The maximum atomic E-state index is 5.67. The minimum absolute atomic E-state index is 0.630. The van der Waals surface area contributed by atoms with Gasteiger partial charge in [0, 0.05) is 6.54 Å². The molecule has 22 heavy (non-hydrogen) atoms. The van der Waals surface area contributed by atoms with Gasteiger partial charge < -0.3 is 9.47 Å². The molecule has 0 amide bonds. The normalized spacial score (nSPS) is 17.6. The topological polar surface area (TPSA) is 21.7 Å². The van der Waals surface area contributed by atoms with Gasteiger partial charge >= 0.3 is 0 Å². The standard InChI is InChI=1S/C19H21NO2/c1-2-10-20(9-1)14-15-3-5-16(6-4-15)17-7-8-18-19(13-17)22-12-11-21-18/h3-8,13H,1-2,9-12,14H2. The van der Waals surface area contributed by atoms with Crippen molar-refractivity contribution in [2.45, 2.75) is 19.4 Å². The highest BCUT2D eigenvalue weighted by atomic mass is 16.6. The van der Waals surface area contributed by atoms with Gasteiger partial charge in [0.2, 0.25) is 0 Å². The van der Waals surface area contributed by atoms with Gasteiger partial charge in [-0.1, -0.05) is 30.3 Å². The highest BCUT2D eigenvalue weighted by Gasteiger charge is 2.13. The molecule has 2 aromatic rings. The summed E-state index contributed by atoms with van der Waals surface area (Å²) in [5, 5.41) is 0. The molecule has 4 rings (SSSR count). The highest BCUT2D eigenvalue weighted by Crippen LogP contribution is 2.34. The monoisotopic (exact) mass is 295 g/mol. The summed E-state index contributed by atoms with van der Waals surface area (Å²) < 4.78 is 11.2. The van der Waals surface area contributed by atoms with Crippen LogP contribution >= 0.6 is 0 Å². The second kappa shape index (κ2) is 6.01. The molecule has 3 nitrogen and oxygen atoms in total. The molecular weight excluding hydrogens is 274 g/mol. The fourth-order valence-corrected chi connectivity index (χ4v) is 3.22. The van der Waals surface area contributed by atoms with Gasteiger partial charge in [-0.2, -0.15) is 0 Å². The Balaban J connectivity index is 1.52. The van der Waals surface area contributed by atoms with Crippen molar-refractivity contribution in [3.8, 4) is 22.6 Å². The molecule has 1 saturated heterocycles. The summed E-state index contributed by atoms with van der Waals surface area (Å²) in [7, 11) is 0. The second-order valence-corrected chi connectivity index (χ2v) is 6.04. The van der Waals surface area contributed by atoms with Gasteiger partial charge in [-0.15, -0.1) is 0 Å². The number of hydrogen-bond acceptors (Lipinski definition) is 3. The molecule has 114 valence electrons. The number of nitrogens with zero attached hydrogens (tertiary/aromatic N) is 1. The van der Waals surface area contributed by atoms with Crippen molar-refractivity contribution >= 4 is 0 Å². The number of ether oxygens (including phenoxy) is 2. The Morgan fingerprint density at radius 1 is 0.773 bits per heavy atom. The second-order valence-electron chi connectivity index (χ2n) is 6.04. The van der Waals surface area contributed by atoms with Crippen LogP contribution < -0.4 is 9.47 Å². The summed E-state index contributed by atoms with van der Waals surface area (Å²) in [5.41, 5.74) is 3.79. The van der Waals surface area contributed by atoms with E-state index in [2.05, 4.69) is 41.3 Å². The van der Waals surface area contributed by atoms with E-state index >= 15 is 0 Å². The average molecular weight is 295 g/mol. The van der Waals surface area contributed by atoms with E-state index < -0.39 is 0 Å². The first-order valence-electron chi connectivity index (χ1n) is 8.10. The lowest BCUT2D eigenvalue weighted by atomic mass is 10.0. The van der Waals surface area contributed by atoms with Gasteiger partial charge in [0.1, 0.15) is 13.2 Å². The third kappa shape index (κ3) is 2.81. The molecule has 1 fully saturated rings. The highest BCUT2D eigenvalue weighted by molar-refractivity contribution is 5.67. The first-order chi connectivity index (χ1) is 10.9. The van der Waals surface area contributed by atoms with Crippen LogP contribution in [0.3, 0.4) is 0 Å². The van der Waals surface area contributed by atoms with Gasteiger partial charge in [-0.25, -0.2) is 0 Å². The third-order valence-electron chi connectivity index (χ3n) is 4.43. The van der Waals surface area contributed by atoms with E-state index in [0.717, 1.165) is 18.0 Å². The zero-order valence-electron chi connectivity index (χ0n) is 12.8. The molecule has 0 aromatic heterocycles. The van der Waals surface area contributed by atoms with Crippen molar-refractivity contribution in [2.24, 2.45) is 0 Å². The van der Waals surface area contributed by atoms with Gasteiger partial charge in [-0.05, 0) is 54.8 Å². The van der Waals surface area contributed by atoms with E-state index in [1.807, 2.05) is 6.07 Å². The number of rotatable bonds is 3. The van der Waals surface area contributed by atoms with Crippen molar-refractivity contribution in [3.63, 3.8) is 0 Å². The number of likely N-dealkylation sites (tertiary alicyclic amines) is 1. The molecule has 0 unspecified atom stereocenters. The minimum atomic E-state index is 0.630. The van der Waals surface area contributed by atoms with Crippen molar-refractivity contribution < 1.29 is 9.47 Å². The minimum Gasteiger partial charge on any atom is -0.486 e. The van der Waals surface area contributed by atoms with Gasteiger partial charge in [-0.3, -0.25) is 4.90 Å². The average Bonchev–Trinajstić information content (AvgIpc) is 3.08. The van der Waals surface area contributed by atoms with Gasteiger partial charge in [0.15, 0.2) is 11.5 Å². The smallest absolute Gasteiger partial charge is 0.161 e. The first kappa shape index (κ1) is 13.6. The molecule has 2 aromatic carbocycles. The maximum absolute atomic E-state index is 5.67. The van der Waals surface area contributed by atoms with Crippen LogP contribution in [-0.4, -0.2) is 31.2 Å². The Morgan fingerprint density at radius 3 is 2.23 bits per heavy atom. The predicted molar refractivity (Wildman–Crippen MR) is 87.4 cm³/mol. The van der Waals surface area contributed by atoms with Gasteiger partial charge in [0.25, 0.3) is 0 Å². The Bertz CT molecular complexity index is 645. The molecule has 0 N–H and O–H groups in total. The van der Waals surface area contributed by atoms with Crippen molar-refractivity contribution in [3.05, 3.63) is 48.0 Å². The molecule has 0 spiro atoms. The number of fused-ring (bicyclic) bond motifs is 1. The molecule has 0 atom stereocenters.